The molecule has 154 valence electrons. The van der Waals surface area contributed by atoms with E-state index in [-0.39, 0.29) is 12.1 Å². The Hall–Kier alpha value is -3.78. The third-order valence-corrected chi connectivity index (χ3v) is 6.08. The molecule has 6 nitrogen and oxygen atoms in total. The number of carbonyl (C=O) groups excluding carboxylic acids is 2. The summed E-state index contributed by atoms with van der Waals surface area (Å²) in [6.07, 6.45) is 0. The van der Waals surface area contributed by atoms with Gasteiger partial charge in [0.15, 0.2) is 0 Å². The van der Waals surface area contributed by atoms with Crippen LogP contribution in [0.2, 0.25) is 0 Å². The second kappa shape index (κ2) is 7.48. The number of para-hydroxylation sites is 1. The van der Waals surface area contributed by atoms with E-state index in [1.54, 1.807) is 24.3 Å². The van der Waals surface area contributed by atoms with E-state index in [0.717, 1.165) is 4.88 Å². The van der Waals surface area contributed by atoms with E-state index < -0.39 is 29.3 Å². The molecule has 1 aliphatic heterocycles. The SMILES string of the molecule is O=C1CN(C(=O)c2cc3ccccc3oc2=O)C(c2cccs2)c2cc(F)ccc2N1. The average molecular weight is 434 g/mol. The molecule has 1 atom stereocenters. The predicted octanol–water partition coefficient (Wildman–Crippen LogP) is 4.18. The van der Waals surface area contributed by atoms with Gasteiger partial charge in [0, 0.05) is 21.5 Å². The molecular formula is C23H15FN2O4S. The highest BCUT2D eigenvalue weighted by Crippen LogP contribution is 2.38. The van der Waals surface area contributed by atoms with Gasteiger partial charge in [0.25, 0.3) is 5.91 Å². The Morgan fingerprint density at radius 3 is 2.74 bits per heavy atom. The first-order valence-corrected chi connectivity index (χ1v) is 10.4. The Bertz CT molecular complexity index is 1380. The molecular weight excluding hydrogens is 419 g/mol. The smallest absolute Gasteiger partial charge is 0.349 e. The Morgan fingerprint density at radius 2 is 1.94 bits per heavy atom. The molecule has 0 spiro atoms. The number of hydrogen-bond acceptors (Lipinski definition) is 5. The summed E-state index contributed by atoms with van der Waals surface area (Å²) in [5.74, 6) is -1.59. The van der Waals surface area contributed by atoms with Crippen molar-refractivity contribution in [3.05, 3.63) is 98.3 Å². The Kier molecular flexibility index (Phi) is 4.63. The number of anilines is 1. The lowest BCUT2D eigenvalue weighted by molar-refractivity contribution is -0.117. The van der Waals surface area contributed by atoms with Crippen LogP contribution in [0.5, 0.6) is 0 Å². The van der Waals surface area contributed by atoms with Gasteiger partial charge in [-0.15, -0.1) is 11.3 Å². The number of benzene rings is 2. The lowest BCUT2D eigenvalue weighted by Gasteiger charge is -2.29. The van der Waals surface area contributed by atoms with Crippen LogP contribution in [0.25, 0.3) is 11.0 Å². The second-order valence-electron chi connectivity index (χ2n) is 7.12. The summed E-state index contributed by atoms with van der Waals surface area (Å²) in [5, 5.41) is 5.15. The molecule has 0 saturated carbocycles. The molecule has 1 unspecified atom stereocenters. The fourth-order valence-electron chi connectivity index (χ4n) is 3.79. The standard InChI is InChI=1S/C23H15FN2O4S/c24-14-7-8-17-15(11-14)21(19-6-3-9-31-19)26(12-20(27)25-17)22(28)16-10-13-4-1-2-5-18(13)30-23(16)29/h1-11,21H,12H2,(H,25,27). The van der Waals surface area contributed by atoms with Crippen molar-refractivity contribution >= 4 is 39.8 Å². The van der Waals surface area contributed by atoms with Crippen molar-refractivity contribution < 1.29 is 18.4 Å². The van der Waals surface area contributed by atoms with Gasteiger partial charge in [-0.05, 0) is 41.8 Å². The zero-order valence-electron chi connectivity index (χ0n) is 16.0. The highest BCUT2D eigenvalue weighted by molar-refractivity contribution is 7.10. The molecule has 3 heterocycles. The normalized spacial score (nSPS) is 16.0. The summed E-state index contributed by atoms with van der Waals surface area (Å²) in [6.45, 7) is -0.302. The third kappa shape index (κ3) is 3.40. The Labute approximate surface area is 179 Å². The van der Waals surface area contributed by atoms with E-state index in [2.05, 4.69) is 5.32 Å². The van der Waals surface area contributed by atoms with Crippen molar-refractivity contribution in [1.29, 1.82) is 0 Å². The van der Waals surface area contributed by atoms with Crippen LogP contribution in [0.15, 0.2) is 75.3 Å². The monoisotopic (exact) mass is 434 g/mol. The van der Waals surface area contributed by atoms with Gasteiger partial charge >= 0.3 is 5.63 Å². The molecule has 1 aliphatic rings. The minimum absolute atomic E-state index is 0.187. The van der Waals surface area contributed by atoms with Crippen LogP contribution in [-0.2, 0) is 4.79 Å². The number of amides is 2. The van der Waals surface area contributed by atoms with Crippen LogP contribution in [-0.4, -0.2) is 23.3 Å². The number of fused-ring (bicyclic) bond motifs is 2. The Morgan fingerprint density at radius 1 is 1.10 bits per heavy atom. The maximum absolute atomic E-state index is 14.2. The number of thiophene rings is 1. The number of halogens is 1. The van der Waals surface area contributed by atoms with Gasteiger partial charge in [-0.3, -0.25) is 9.59 Å². The van der Waals surface area contributed by atoms with Crippen LogP contribution in [0.1, 0.15) is 26.8 Å². The van der Waals surface area contributed by atoms with Crippen LogP contribution in [0.3, 0.4) is 0 Å². The molecule has 0 saturated heterocycles. The molecule has 4 aromatic rings. The fourth-order valence-corrected chi connectivity index (χ4v) is 4.64. The van der Waals surface area contributed by atoms with Crippen LogP contribution in [0.4, 0.5) is 10.1 Å². The van der Waals surface area contributed by atoms with Crippen molar-refractivity contribution in [2.75, 3.05) is 11.9 Å². The van der Waals surface area contributed by atoms with Gasteiger partial charge in [-0.1, -0.05) is 24.3 Å². The summed E-state index contributed by atoms with van der Waals surface area (Å²) in [7, 11) is 0. The van der Waals surface area contributed by atoms with Gasteiger partial charge in [-0.25, -0.2) is 9.18 Å². The zero-order chi connectivity index (χ0) is 21.5. The summed E-state index contributed by atoms with van der Waals surface area (Å²) in [4.78, 5) is 40.8. The summed E-state index contributed by atoms with van der Waals surface area (Å²) in [6, 6.07) is 15.2. The lowest BCUT2D eigenvalue weighted by atomic mass is 10.0. The van der Waals surface area contributed by atoms with Crippen molar-refractivity contribution in [3.63, 3.8) is 0 Å². The first kappa shape index (κ1) is 19.2. The molecule has 1 N–H and O–H groups in total. The minimum atomic E-state index is -0.794. The van der Waals surface area contributed by atoms with Gasteiger partial charge < -0.3 is 14.6 Å². The average Bonchev–Trinajstić information content (AvgIpc) is 3.24. The van der Waals surface area contributed by atoms with Crippen LogP contribution < -0.4 is 10.9 Å². The molecule has 2 aromatic carbocycles. The topological polar surface area (TPSA) is 79.6 Å². The minimum Gasteiger partial charge on any atom is -0.422 e. The zero-order valence-corrected chi connectivity index (χ0v) is 16.8. The van der Waals surface area contributed by atoms with Gasteiger partial charge in [0.2, 0.25) is 5.91 Å². The number of nitrogens with zero attached hydrogens (tertiary/aromatic N) is 1. The Balaban J connectivity index is 1.69. The molecule has 5 rings (SSSR count). The highest BCUT2D eigenvalue weighted by atomic mass is 32.1. The maximum Gasteiger partial charge on any atom is 0.349 e. The van der Waals surface area contributed by atoms with Gasteiger partial charge in [0.1, 0.15) is 23.5 Å². The summed E-state index contributed by atoms with van der Waals surface area (Å²) >= 11 is 1.38. The van der Waals surface area contributed by atoms with Crippen LogP contribution in [0, 0.1) is 5.82 Å². The maximum atomic E-state index is 14.2. The number of rotatable bonds is 2. The van der Waals surface area contributed by atoms with Gasteiger partial charge in [0.05, 0.1) is 6.04 Å². The van der Waals surface area contributed by atoms with E-state index in [9.17, 15) is 18.8 Å². The van der Waals surface area contributed by atoms with E-state index in [0.29, 0.717) is 22.2 Å². The molecule has 2 aromatic heterocycles. The van der Waals surface area contributed by atoms with Crippen molar-refractivity contribution in [2.45, 2.75) is 6.04 Å². The number of carbonyl (C=O) groups is 2. The van der Waals surface area contributed by atoms with Crippen LogP contribution >= 0.6 is 11.3 Å². The van der Waals surface area contributed by atoms with Crippen molar-refractivity contribution in [3.8, 4) is 0 Å². The fraction of sp³-hybridized carbons (Fsp3) is 0.0870. The second-order valence-corrected chi connectivity index (χ2v) is 8.10. The quantitative estimate of drug-likeness (QED) is 0.480. The third-order valence-electron chi connectivity index (χ3n) is 5.15. The molecule has 0 radical (unpaired) electrons. The molecule has 2 amide bonds. The van der Waals surface area contributed by atoms with Crippen molar-refractivity contribution in [2.24, 2.45) is 0 Å². The molecule has 31 heavy (non-hydrogen) atoms. The van der Waals surface area contributed by atoms with Gasteiger partial charge in [-0.2, -0.15) is 0 Å². The highest BCUT2D eigenvalue weighted by Gasteiger charge is 2.36. The van der Waals surface area contributed by atoms with E-state index in [1.165, 1.54) is 40.5 Å². The van der Waals surface area contributed by atoms with E-state index in [4.69, 9.17) is 4.42 Å². The molecule has 0 bridgehead atoms. The largest absolute Gasteiger partial charge is 0.422 e. The lowest BCUT2D eigenvalue weighted by Crippen LogP contribution is -2.40. The summed E-state index contributed by atoms with van der Waals surface area (Å²) in [5.41, 5.74) is 0.239. The molecule has 0 fully saturated rings. The summed E-state index contributed by atoms with van der Waals surface area (Å²) < 4.78 is 19.5. The first-order valence-electron chi connectivity index (χ1n) is 9.48. The van der Waals surface area contributed by atoms with E-state index in [1.807, 2.05) is 17.5 Å². The number of nitrogens with one attached hydrogen (secondary N) is 1. The predicted molar refractivity (Wildman–Crippen MR) is 115 cm³/mol. The molecule has 0 aliphatic carbocycles. The van der Waals surface area contributed by atoms with E-state index >= 15 is 0 Å². The number of hydrogen-bond donors (Lipinski definition) is 1. The van der Waals surface area contributed by atoms with Crippen molar-refractivity contribution in [1.82, 2.24) is 4.90 Å². The molecule has 8 heteroatoms. The first-order chi connectivity index (χ1) is 15.0.